The predicted molar refractivity (Wildman–Crippen MR) is 110 cm³/mol. The summed E-state index contributed by atoms with van der Waals surface area (Å²) < 4.78 is 69.3. The molecule has 2 saturated carbocycles. The monoisotopic (exact) mass is 766 g/mol. The van der Waals surface area contributed by atoms with Gasteiger partial charge in [-0.3, -0.25) is 9.59 Å². The molecule has 1 aliphatic heterocycles. The zero-order chi connectivity index (χ0) is 25.2. The first-order valence-corrected chi connectivity index (χ1v) is 12.0. The first-order valence-electron chi connectivity index (χ1n) is 10.6. The molecule has 13 heteroatoms. The predicted octanol–water partition coefficient (Wildman–Crippen LogP) is 1.95. The number of carbonyl (C=O) groups excluding carboxylic acids is 3. The first-order chi connectivity index (χ1) is 15.6. The SMILES string of the molecule is CC(C)(C)N1C(=O)C2C3CC(C(OC(=O)c4ccccc4)C31)C2C(=O)O[CH-]C(F)(F)S(=O)(=O)[O-].[Rf]. The van der Waals surface area contributed by atoms with Gasteiger partial charge in [0.2, 0.25) is 5.91 Å². The Morgan fingerprint density at radius 2 is 1.74 bits per heavy atom. The summed E-state index contributed by atoms with van der Waals surface area (Å²) in [7, 11) is -6.10. The Morgan fingerprint density at radius 1 is 1.14 bits per heavy atom. The molecule has 0 radical (unpaired) electrons. The van der Waals surface area contributed by atoms with E-state index in [1.807, 2.05) is 0 Å². The van der Waals surface area contributed by atoms with Crippen molar-refractivity contribution < 1.29 is 45.6 Å². The minimum absolute atomic E-state index is 0. The van der Waals surface area contributed by atoms with Gasteiger partial charge in [-0.25, -0.2) is 22.0 Å². The van der Waals surface area contributed by atoms with Gasteiger partial charge in [0.25, 0.3) is 11.2 Å². The number of amides is 1. The smallest absolute Gasteiger partial charge is 0.338 e. The molecule has 0 aromatic heterocycles. The topological polar surface area (TPSA) is 130 Å². The Kier molecular flexibility index (Phi) is 6.14. The van der Waals surface area contributed by atoms with Crippen LogP contribution in [0.4, 0.5) is 8.78 Å². The maximum absolute atomic E-state index is 13.5. The molecule has 188 valence electrons. The van der Waals surface area contributed by atoms with Gasteiger partial charge in [0, 0.05) is 11.5 Å². The fraction of sp³-hybridized carbons (Fsp3) is 0.545. The molecule has 0 spiro atoms. The molecule has 1 aromatic carbocycles. The Balaban J connectivity index is 0.00000342. The van der Waals surface area contributed by atoms with E-state index < -0.39 is 75.3 Å². The van der Waals surface area contributed by atoms with Crippen molar-refractivity contribution in [3.05, 3.63) is 42.5 Å². The summed E-state index contributed by atoms with van der Waals surface area (Å²) in [6.45, 7) is 4.76. The number of carbonyl (C=O) groups is 3. The number of halogens is 2. The summed E-state index contributed by atoms with van der Waals surface area (Å²) in [6.07, 6.45) is -0.586. The van der Waals surface area contributed by atoms with Crippen LogP contribution in [-0.4, -0.2) is 58.7 Å². The molecule has 3 aliphatic rings. The van der Waals surface area contributed by atoms with Gasteiger partial charge in [0.1, 0.15) is 16.2 Å². The molecule has 2 bridgehead atoms. The van der Waals surface area contributed by atoms with Crippen LogP contribution in [0.3, 0.4) is 0 Å². The average molecular weight is 766 g/mol. The number of likely N-dealkylation sites (tertiary alicyclic amines) is 1. The maximum atomic E-state index is 13.5. The van der Waals surface area contributed by atoms with Gasteiger partial charge in [-0.2, -0.15) is 0 Å². The van der Waals surface area contributed by atoms with E-state index in [9.17, 15) is 36.1 Å². The second-order valence-corrected chi connectivity index (χ2v) is 11.2. The number of hydrogen-bond acceptors (Lipinski definition) is 8. The van der Waals surface area contributed by atoms with Crippen LogP contribution in [0.15, 0.2) is 30.3 Å². The summed E-state index contributed by atoms with van der Waals surface area (Å²) in [5.74, 6) is -5.55. The molecule has 35 heavy (non-hydrogen) atoms. The Morgan fingerprint density at radius 3 is 2.29 bits per heavy atom. The Hall–Kier alpha value is -3.60. The van der Waals surface area contributed by atoms with Crippen LogP contribution in [0.1, 0.15) is 37.6 Å². The Bertz CT molecular complexity index is 1120. The molecule has 9 nitrogen and oxygen atoms in total. The van der Waals surface area contributed by atoms with E-state index in [0.717, 1.165) is 0 Å². The molecule has 2 aliphatic carbocycles. The van der Waals surface area contributed by atoms with E-state index in [0.29, 0.717) is 6.42 Å². The van der Waals surface area contributed by atoms with Gasteiger partial charge in [0.05, 0.1) is 23.4 Å². The molecule has 4 rings (SSSR count). The van der Waals surface area contributed by atoms with E-state index >= 15 is 0 Å². The standard InChI is InChI=1S/C22H24F2NO8S.Rf/c1-21(2,3)25-16-12-9-13(17(16)33-19(27)11-7-5-4-6-8-11)15(14(12)18(25)26)20(28)32-10-22(23,24)34(29,30)31;/h4-8,10,12-17H,9H2,1-3H3,(H,29,30,31);/q-1;/p-1. The zero-order valence-electron chi connectivity index (χ0n) is 19.2. The fourth-order valence-corrected chi connectivity index (χ4v) is 5.76. The van der Waals surface area contributed by atoms with Gasteiger partial charge in [-0.15, -0.1) is 0 Å². The van der Waals surface area contributed by atoms with Crippen LogP contribution in [0.25, 0.3) is 0 Å². The van der Waals surface area contributed by atoms with E-state index in [-0.39, 0.29) is 11.5 Å². The van der Waals surface area contributed by atoms with Crippen molar-refractivity contribution in [2.45, 2.75) is 50.1 Å². The van der Waals surface area contributed by atoms with Crippen molar-refractivity contribution in [2.24, 2.45) is 23.7 Å². The van der Waals surface area contributed by atoms with Crippen molar-refractivity contribution in [2.75, 3.05) is 0 Å². The fourth-order valence-electron chi connectivity index (χ4n) is 5.60. The minimum Gasteiger partial charge on any atom is -0.746 e. The number of rotatable bonds is 6. The zero-order valence-corrected chi connectivity index (χ0v) is 26.4. The average Bonchev–Trinajstić information content (AvgIpc) is 3.34. The number of hydrogen-bond donors (Lipinski definition) is 0. The van der Waals surface area contributed by atoms with E-state index in [4.69, 9.17) is 4.74 Å². The van der Waals surface area contributed by atoms with Crippen LogP contribution < -0.4 is 0 Å². The summed E-state index contributed by atoms with van der Waals surface area (Å²) in [4.78, 5) is 40.5. The van der Waals surface area contributed by atoms with Gasteiger partial charge >= 0.3 is 5.97 Å². The van der Waals surface area contributed by atoms with E-state index in [1.54, 1.807) is 56.0 Å². The molecule has 6 unspecified atom stereocenters. The van der Waals surface area contributed by atoms with Crippen molar-refractivity contribution in [1.82, 2.24) is 4.90 Å². The van der Waals surface area contributed by atoms with Crippen LogP contribution in [0.2, 0.25) is 0 Å². The van der Waals surface area contributed by atoms with Crippen LogP contribution in [-0.2, 0) is 29.2 Å². The minimum atomic E-state index is -6.10. The third-order valence-corrected chi connectivity index (χ3v) is 7.53. The third kappa shape index (κ3) is 4.09. The number of ether oxygens (including phenoxy) is 2. The van der Waals surface area contributed by atoms with Gasteiger partial charge in [-0.1, -0.05) is 24.8 Å². The molecule has 6 atom stereocenters. The normalized spacial score (nSPS) is 29.7. The largest absolute Gasteiger partial charge is 0.746 e. The molecule has 1 saturated heterocycles. The van der Waals surface area contributed by atoms with Crippen molar-refractivity contribution in [1.29, 1.82) is 0 Å². The second-order valence-electron chi connectivity index (χ2n) is 9.79. The number of alkyl halides is 2. The molecule has 1 heterocycles. The van der Waals surface area contributed by atoms with E-state index in [1.165, 1.54) is 0 Å². The van der Waals surface area contributed by atoms with Gasteiger partial charge in [-0.05, 0) is 45.2 Å². The third-order valence-electron chi connectivity index (χ3n) is 6.76. The second kappa shape index (κ2) is 8.26. The van der Waals surface area contributed by atoms with Gasteiger partial charge in [0.15, 0.2) is 0 Å². The number of nitrogens with zero attached hydrogens (tertiary/aromatic N) is 1. The number of benzene rings is 1. The van der Waals surface area contributed by atoms with Crippen molar-refractivity contribution in [3.8, 4) is 0 Å². The molecule has 1 amide bonds. The molecular weight excluding hydrogens is 743 g/mol. The summed E-state index contributed by atoms with van der Waals surface area (Å²) >= 11 is 0. The summed E-state index contributed by atoms with van der Waals surface area (Å²) in [6, 6.07) is 7.60. The number of fused-ring (bicyclic) bond motifs is 1. The quantitative estimate of drug-likeness (QED) is 0.244. The van der Waals surface area contributed by atoms with Crippen LogP contribution in [0, 0.1) is 30.3 Å². The molecular formula is C22H23F2NO8RfS-2. The Labute approximate surface area is 195 Å². The summed E-state index contributed by atoms with van der Waals surface area (Å²) in [5, 5.41) is -4.93. The van der Waals surface area contributed by atoms with E-state index in [2.05, 4.69) is 4.74 Å². The maximum Gasteiger partial charge on any atom is 0.338 e. The van der Waals surface area contributed by atoms with Crippen LogP contribution in [0.5, 0.6) is 0 Å². The van der Waals surface area contributed by atoms with Crippen LogP contribution >= 0.6 is 0 Å². The van der Waals surface area contributed by atoms with Gasteiger partial charge < -0.3 is 18.9 Å². The first kappa shape index (κ1) is 26.0. The molecule has 1 aromatic rings. The van der Waals surface area contributed by atoms with Crippen molar-refractivity contribution in [3.63, 3.8) is 0 Å². The molecule has 0 N–H and O–H groups in total. The number of esters is 2. The molecule has 3 fully saturated rings. The van der Waals surface area contributed by atoms with Crippen molar-refractivity contribution >= 4 is 28.0 Å². The summed E-state index contributed by atoms with van der Waals surface area (Å²) in [5.41, 5.74) is -0.420.